The van der Waals surface area contributed by atoms with Gasteiger partial charge < -0.3 is 10.6 Å². The van der Waals surface area contributed by atoms with E-state index in [1.54, 1.807) is 31.0 Å². The predicted octanol–water partition coefficient (Wildman–Crippen LogP) is 1.86. The van der Waals surface area contributed by atoms with Crippen LogP contribution in [0.15, 0.2) is 41.6 Å². The molecule has 7 heteroatoms. The molecule has 2 amide bonds. The van der Waals surface area contributed by atoms with Crippen molar-refractivity contribution in [3.8, 4) is 0 Å². The Morgan fingerprint density at radius 3 is 2.90 bits per heavy atom. The number of hydrogen-bond acceptors (Lipinski definition) is 4. The Morgan fingerprint density at radius 2 is 2.19 bits per heavy atom. The lowest BCUT2D eigenvalue weighted by atomic mass is 10.1. The quantitative estimate of drug-likeness (QED) is 0.830. The van der Waals surface area contributed by atoms with Crippen molar-refractivity contribution >= 4 is 35.0 Å². The second-order valence-electron chi connectivity index (χ2n) is 4.94. The Morgan fingerprint density at radius 1 is 1.43 bits per heavy atom. The molecule has 0 aliphatic carbocycles. The normalized spacial score (nSPS) is 20.6. The van der Waals surface area contributed by atoms with Gasteiger partial charge in [-0.25, -0.2) is 0 Å². The fraction of sp³-hybridized carbons (Fsp3) is 0.214. The molecule has 0 unspecified atom stereocenters. The number of para-hydroxylation sites is 1. The summed E-state index contributed by atoms with van der Waals surface area (Å²) < 4.78 is 0.367. The van der Waals surface area contributed by atoms with Crippen LogP contribution in [0, 0.1) is 0 Å². The van der Waals surface area contributed by atoms with Crippen molar-refractivity contribution in [1.29, 1.82) is 0 Å². The van der Waals surface area contributed by atoms with Crippen molar-refractivity contribution in [2.45, 2.75) is 16.6 Å². The first-order chi connectivity index (χ1) is 9.99. The SMILES string of the molecule is Cn1cc(NC(=O)[C@]2(C)Sc3ccccc3NC2=O)cn1. The average molecular weight is 302 g/mol. The molecule has 1 aliphatic heterocycles. The predicted molar refractivity (Wildman–Crippen MR) is 81.2 cm³/mol. The van der Waals surface area contributed by atoms with Gasteiger partial charge >= 0.3 is 0 Å². The lowest BCUT2D eigenvalue weighted by Crippen LogP contribution is -2.49. The van der Waals surface area contributed by atoms with Gasteiger partial charge in [-0.15, -0.1) is 0 Å². The molecule has 3 rings (SSSR count). The van der Waals surface area contributed by atoms with Gasteiger partial charge in [-0.1, -0.05) is 23.9 Å². The number of amides is 2. The van der Waals surface area contributed by atoms with Gasteiger partial charge in [0.1, 0.15) is 0 Å². The summed E-state index contributed by atoms with van der Waals surface area (Å²) in [5.41, 5.74) is 1.30. The van der Waals surface area contributed by atoms with Crippen LogP contribution in [0.1, 0.15) is 6.92 Å². The number of hydrogen-bond donors (Lipinski definition) is 2. The number of rotatable bonds is 2. The first-order valence-corrected chi connectivity index (χ1v) is 7.20. The fourth-order valence-corrected chi connectivity index (χ4v) is 3.16. The molecular formula is C14H14N4O2S. The van der Waals surface area contributed by atoms with E-state index in [-0.39, 0.29) is 11.8 Å². The molecule has 2 N–H and O–H groups in total. The van der Waals surface area contributed by atoms with E-state index in [9.17, 15) is 9.59 Å². The van der Waals surface area contributed by atoms with E-state index in [0.29, 0.717) is 5.69 Å². The maximum atomic E-state index is 12.5. The highest BCUT2D eigenvalue weighted by Gasteiger charge is 2.45. The summed E-state index contributed by atoms with van der Waals surface area (Å²) in [5.74, 6) is -0.694. The highest BCUT2D eigenvalue weighted by Crippen LogP contribution is 2.42. The zero-order chi connectivity index (χ0) is 15.0. The smallest absolute Gasteiger partial charge is 0.250 e. The summed E-state index contributed by atoms with van der Waals surface area (Å²) in [7, 11) is 1.76. The minimum absolute atomic E-state index is 0.326. The standard InChI is InChI=1S/C14H14N4O2S/c1-14(12(19)16-9-7-15-18(2)8-9)13(20)17-10-5-3-4-6-11(10)21-14/h3-8H,1-2H3,(H,16,19)(H,17,20)/t14-/m0/s1. The van der Waals surface area contributed by atoms with E-state index in [0.717, 1.165) is 10.6 Å². The summed E-state index contributed by atoms with van der Waals surface area (Å²) in [6.45, 7) is 1.62. The number of carbonyl (C=O) groups is 2. The molecular weight excluding hydrogens is 288 g/mol. The number of nitrogens with zero attached hydrogens (tertiary/aromatic N) is 2. The monoisotopic (exact) mass is 302 g/mol. The lowest BCUT2D eigenvalue weighted by molar-refractivity contribution is -0.126. The summed E-state index contributed by atoms with van der Waals surface area (Å²) in [6.07, 6.45) is 3.22. The average Bonchev–Trinajstić information content (AvgIpc) is 2.85. The second-order valence-corrected chi connectivity index (χ2v) is 6.40. The fourth-order valence-electron chi connectivity index (χ4n) is 2.05. The largest absolute Gasteiger partial charge is 0.323 e. The molecule has 0 spiro atoms. The van der Waals surface area contributed by atoms with Crippen LogP contribution in [0.3, 0.4) is 0 Å². The summed E-state index contributed by atoms with van der Waals surface area (Å²) in [4.78, 5) is 25.7. The molecule has 1 aromatic carbocycles. The Hall–Kier alpha value is -2.28. The third-order valence-electron chi connectivity index (χ3n) is 3.28. The maximum Gasteiger partial charge on any atom is 0.250 e. The van der Waals surface area contributed by atoms with Gasteiger partial charge in [-0.05, 0) is 19.1 Å². The zero-order valence-electron chi connectivity index (χ0n) is 11.6. The number of aromatic nitrogens is 2. The first-order valence-electron chi connectivity index (χ1n) is 6.38. The van der Waals surface area contributed by atoms with Crippen LogP contribution in [0.2, 0.25) is 0 Å². The minimum Gasteiger partial charge on any atom is -0.323 e. The van der Waals surface area contributed by atoms with E-state index in [4.69, 9.17) is 0 Å². The highest BCUT2D eigenvalue weighted by atomic mass is 32.2. The Kier molecular flexibility index (Phi) is 3.21. The van der Waals surface area contributed by atoms with E-state index in [1.165, 1.54) is 11.8 Å². The van der Waals surface area contributed by atoms with Crippen LogP contribution in [0.25, 0.3) is 0 Å². The van der Waals surface area contributed by atoms with Crippen LogP contribution in [0.4, 0.5) is 11.4 Å². The van der Waals surface area contributed by atoms with Gasteiger partial charge in [-0.2, -0.15) is 5.10 Å². The summed E-state index contributed by atoms with van der Waals surface area (Å²) in [6, 6.07) is 7.43. The van der Waals surface area contributed by atoms with Crippen molar-refractivity contribution in [2.24, 2.45) is 7.05 Å². The van der Waals surface area contributed by atoms with Crippen LogP contribution < -0.4 is 10.6 Å². The van der Waals surface area contributed by atoms with Gasteiger partial charge in [0, 0.05) is 18.1 Å². The van der Waals surface area contributed by atoms with Crippen LogP contribution >= 0.6 is 11.8 Å². The molecule has 2 aromatic rings. The van der Waals surface area contributed by atoms with Crippen LogP contribution in [-0.2, 0) is 16.6 Å². The third kappa shape index (κ3) is 2.40. The maximum absolute atomic E-state index is 12.5. The van der Waals surface area contributed by atoms with E-state index < -0.39 is 4.75 Å². The molecule has 0 fully saturated rings. The number of nitrogens with one attached hydrogen (secondary N) is 2. The van der Waals surface area contributed by atoms with Crippen molar-refractivity contribution in [3.05, 3.63) is 36.7 Å². The molecule has 1 atom stereocenters. The molecule has 0 saturated carbocycles. The van der Waals surface area contributed by atoms with Crippen molar-refractivity contribution < 1.29 is 9.59 Å². The van der Waals surface area contributed by atoms with E-state index in [2.05, 4.69) is 15.7 Å². The number of aryl methyl sites for hydroxylation is 1. The molecule has 1 aromatic heterocycles. The minimum atomic E-state index is -1.22. The van der Waals surface area contributed by atoms with E-state index >= 15 is 0 Å². The van der Waals surface area contributed by atoms with Crippen LogP contribution in [-0.4, -0.2) is 26.3 Å². The molecule has 2 heterocycles. The van der Waals surface area contributed by atoms with E-state index in [1.807, 2.05) is 24.3 Å². The number of thioether (sulfide) groups is 1. The van der Waals surface area contributed by atoms with Gasteiger partial charge in [0.15, 0.2) is 4.75 Å². The molecule has 21 heavy (non-hydrogen) atoms. The Labute approximate surface area is 125 Å². The van der Waals surface area contributed by atoms with Gasteiger partial charge in [0.05, 0.1) is 17.6 Å². The summed E-state index contributed by atoms with van der Waals surface area (Å²) in [5, 5.41) is 9.50. The molecule has 0 bridgehead atoms. The lowest BCUT2D eigenvalue weighted by Gasteiger charge is -2.31. The number of anilines is 2. The second kappa shape index (κ2) is 4.92. The molecule has 1 aliphatic rings. The topological polar surface area (TPSA) is 76.0 Å². The molecule has 0 radical (unpaired) electrons. The molecule has 6 nitrogen and oxygen atoms in total. The van der Waals surface area contributed by atoms with Gasteiger partial charge in [-0.3, -0.25) is 14.3 Å². The highest BCUT2D eigenvalue weighted by molar-refractivity contribution is 8.02. The molecule has 0 saturated heterocycles. The van der Waals surface area contributed by atoms with Gasteiger partial charge in [0.2, 0.25) is 11.8 Å². The van der Waals surface area contributed by atoms with Crippen molar-refractivity contribution in [3.63, 3.8) is 0 Å². The Balaban J connectivity index is 1.86. The number of benzene rings is 1. The summed E-state index contributed by atoms with van der Waals surface area (Å²) >= 11 is 1.25. The van der Waals surface area contributed by atoms with Crippen molar-refractivity contribution in [1.82, 2.24) is 9.78 Å². The third-order valence-corrected chi connectivity index (χ3v) is 4.63. The van der Waals surface area contributed by atoms with Crippen LogP contribution in [0.5, 0.6) is 0 Å². The number of fused-ring (bicyclic) bond motifs is 1. The van der Waals surface area contributed by atoms with Crippen molar-refractivity contribution in [2.75, 3.05) is 10.6 Å². The molecule has 108 valence electrons. The first kappa shape index (κ1) is 13.7. The number of carbonyl (C=O) groups excluding carboxylic acids is 2. The Bertz CT molecular complexity index is 727. The van der Waals surface area contributed by atoms with Gasteiger partial charge in [0.25, 0.3) is 0 Å². The zero-order valence-corrected chi connectivity index (χ0v) is 12.4.